The molecule has 3 aromatic rings. The van der Waals surface area contributed by atoms with E-state index in [2.05, 4.69) is 20.2 Å². The van der Waals surface area contributed by atoms with Crippen molar-refractivity contribution >= 4 is 39.9 Å². The van der Waals surface area contributed by atoms with Crippen LogP contribution in [0.2, 0.25) is 5.02 Å². The number of nitrogens with zero attached hydrogens (tertiary/aromatic N) is 4. The van der Waals surface area contributed by atoms with Gasteiger partial charge in [0.05, 0.1) is 35.5 Å². The number of halogens is 2. The number of carbonyl (C=O) groups is 1. The molecule has 5 rings (SSSR count). The van der Waals surface area contributed by atoms with Gasteiger partial charge in [-0.1, -0.05) is 17.7 Å². The maximum absolute atomic E-state index is 14.5. The third-order valence-electron chi connectivity index (χ3n) is 7.32. The van der Waals surface area contributed by atoms with E-state index < -0.39 is 5.82 Å². The lowest BCUT2D eigenvalue weighted by Crippen LogP contribution is -2.60. The van der Waals surface area contributed by atoms with Crippen molar-refractivity contribution in [3.05, 3.63) is 47.5 Å². The number of rotatable bonds is 7. The number of aromatic nitrogens is 2. The van der Waals surface area contributed by atoms with Crippen LogP contribution in [0.3, 0.4) is 0 Å². The Hall–Kier alpha value is -3.17. The number of amides is 1. The molecule has 2 aromatic carbocycles. The minimum atomic E-state index is -0.547. The molecule has 1 saturated carbocycles. The summed E-state index contributed by atoms with van der Waals surface area (Å²) in [7, 11) is 5.23. The van der Waals surface area contributed by atoms with Crippen molar-refractivity contribution in [2.24, 2.45) is 0 Å². The molecular weight excluding hydrogens is 497 g/mol. The van der Waals surface area contributed by atoms with E-state index in [9.17, 15) is 9.18 Å². The highest BCUT2D eigenvalue weighted by molar-refractivity contribution is 6.31. The van der Waals surface area contributed by atoms with Crippen molar-refractivity contribution < 1.29 is 18.7 Å². The van der Waals surface area contributed by atoms with E-state index in [1.54, 1.807) is 30.2 Å². The van der Waals surface area contributed by atoms with Crippen LogP contribution in [0.15, 0.2) is 36.7 Å². The molecule has 0 radical (unpaired) electrons. The number of carbonyl (C=O) groups excluding carboxylic acids is 1. The molecule has 1 aliphatic heterocycles. The second-order valence-electron chi connectivity index (χ2n) is 9.79. The molecule has 2 aliphatic rings. The fourth-order valence-corrected chi connectivity index (χ4v) is 5.40. The van der Waals surface area contributed by atoms with Crippen molar-refractivity contribution in [3.63, 3.8) is 0 Å². The van der Waals surface area contributed by atoms with Crippen molar-refractivity contribution in [3.8, 4) is 11.5 Å². The highest BCUT2D eigenvalue weighted by Gasteiger charge is 2.40. The predicted molar refractivity (Wildman–Crippen MR) is 141 cm³/mol. The zero-order valence-corrected chi connectivity index (χ0v) is 22.0. The number of hydrogen-bond donors (Lipinski definition) is 1. The number of fused-ring (bicyclic) bond motifs is 1. The van der Waals surface area contributed by atoms with Crippen LogP contribution in [-0.2, 0) is 4.79 Å². The first kappa shape index (κ1) is 25.5. The van der Waals surface area contributed by atoms with E-state index in [0.717, 1.165) is 38.6 Å². The van der Waals surface area contributed by atoms with Crippen LogP contribution in [0.1, 0.15) is 32.1 Å². The minimum absolute atomic E-state index is 0.00769. The van der Waals surface area contributed by atoms with Gasteiger partial charge >= 0.3 is 0 Å². The number of hydrogen-bond acceptors (Lipinski definition) is 7. The fraction of sp³-hybridized carbons (Fsp3) is 0.444. The summed E-state index contributed by atoms with van der Waals surface area (Å²) >= 11 is 5.95. The maximum Gasteiger partial charge on any atom is 0.239 e. The lowest BCUT2D eigenvalue weighted by Gasteiger charge is -2.47. The van der Waals surface area contributed by atoms with Crippen molar-refractivity contribution in [2.45, 2.75) is 50.3 Å². The summed E-state index contributed by atoms with van der Waals surface area (Å²) in [6.07, 6.45) is 6.09. The lowest BCUT2D eigenvalue weighted by molar-refractivity contribution is -0.141. The van der Waals surface area contributed by atoms with Gasteiger partial charge in [0.1, 0.15) is 12.1 Å². The van der Waals surface area contributed by atoms with Gasteiger partial charge in [-0.2, -0.15) is 0 Å². The van der Waals surface area contributed by atoms with E-state index in [1.807, 2.05) is 20.2 Å². The van der Waals surface area contributed by atoms with Crippen LogP contribution in [0.4, 0.5) is 15.9 Å². The normalized spacial score (nSPS) is 21.8. The molecular formula is C27H31ClFN5O3. The van der Waals surface area contributed by atoms with Crippen molar-refractivity contribution in [2.75, 3.05) is 33.1 Å². The number of anilines is 2. The predicted octanol–water partition coefficient (Wildman–Crippen LogP) is 5.03. The molecule has 2 fully saturated rings. The molecule has 1 atom stereocenters. The molecule has 1 aromatic heterocycles. The summed E-state index contributed by atoms with van der Waals surface area (Å²) in [6.45, 7) is 0.974. The lowest BCUT2D eigenvalue weighted by atomic mass is 9.87. The highest BCUT2D eigenvalue weighted by atomic mass is 35.5. The van der Waals surface area contributed by atoms with E-state index in [-0.39, 0.29) is 28.8 Å². The number of likely N-dealkylation sites (tertiary alicyclic amines) is 1. The molecule has 1 saturated heterocycles. The second kappa shape index (κ2) is 10.7. The second-order valence-corrected chi connectivity index (χ2v) is 10.2. The molecule has 37 heavy (non-hydrogen) atoms. The summed E-state index contributed by atoms with van der Waals surface area (Å²) in [4.78, 5) is 25.2. The molecule has 8 nitrogen and oxygen atoms in total. The average molecular weight is 528 g/mol. The number of ether oxygens (including phenoxy) is 2. The zero-order chi connectivity index (χ0) is 26.1. The molecule has 196 valence electrons. The monoisotopic (exact) mass is 527 g/mol. The van der Waals surface area contributed by atoms with Crippen LogP contribution in [-0.4, -0.2) is 71.6 Å². The van der Waals surface area contributed by atoms with Gasteiger partial charge in [-0.05, 0) is 50.3 Å². The molecule has 0 spiro atoms. The molecule has 0 unspecified atom stereocenters. The molecule has 1 N–H and O–H groups in total. The van der Waals surface area contributed by atoms with E-state index in [1.165, 1.54) is 12.4 Å². The van der Waals surface area contributed by atoms with Gasteiger partial charge in [0.2, 0.25) is 5.91 Å². The SMILES string of the molecule is COc1cc2ncnc(Nc3cccc(Cl)c3F)c2cc1OC1CCC(N2CC[C@H]2C(=O)N(C)C)CC1. The Morgan fingerprint density at radius 1 is 1.14 bits per heavy atom. The third kappa shape index (κ3) is 5.15. The summed E-state index contributed by atoms with van der Waals surface area (Å²) in [5.74, 6) is 1.25. The first-order valence-electron chi connectivity index (χ1n) is 12.5. The van der Waals surface area contributed by atoms with Crippen LogP contribution in [0.25, 0.3) is 10.9 Å². The number of likely N-dealkylation sites (N-methyl/N-ethyl adjacent to an activating group) is 1. The number of benzene rings is 2. The van der Waals surface area contributed by atoms with E-state index in [0.29, 0.717) is 34.3 Å². The maximum atomic E-state index is 14.5. The molecule has 10 heteroatoms. The Morgan fingerprint density at radius 3 is 2.59 bits per heavy atom. The Bertz CT molecular complexity index is 1300. The van der Waals surface area contributed by atoms with Gasteiger partial charge in [0.15, 0.2) is 17.3 Å². The summed E-state index contributed by atoms with van der Waals surface area (Å²) < 4.78 is 26.5. The Morgan fingerprint density at radius 2 is 1.92 bits per heavy atom. The summed E-state index contributed by atoms with van der Waals surface area (Å²) in [5.41, 5.74) is 0.864. The smallest absolute Gasteiger partial charge is 0.239 e. The highest BCUT2D eigenvalue weighted by Crippen LogP contribution is 2.38. The van der Waals surface area contributed by atoms with Crippen molar-refractivity contribution in [1.29, 1.82) is 0 Å². The van der Waals surface area contributed by atoms with E-state index >= 15 is 0 Å². The third-order valence-corrected chi connectivity index (χ3v) is 7.61. The minimum Gasteiger partial charge on any atom is -0.493 e. The Labute approximate surface area is 220 Å². The van der Waals surface area contributed by atoms with Crippen LogP contribution in [0, 0.1) is 5.82 Å². The largest absolute Gasteiger partial charge is 0.493 e. The van der Waals surface area contributed by atoms with Gasteiger partial charge in [-0.3, -0.25) is 9.69 Å². The molecule has 1 amide bonds. The first-order valence-corrected chi connectivity index (χ1v) is 12.9. The van der Waals surface area contributed by atoms with Crippen LogP contribution >= 0.6 is 11.6 Å². The number of nitrogens with one attached hydrogen (secondary N) is 1. The van der Waals surface area contributed by atoms with Gasteiger partial charge < -0.3 is 19.7 Å². The Balaban J connectivity index is 1.32. The number of methoxy groups -OCH3 is 1. The first-order chi connectivity index (χ1) is 17.9. The fourth-order valence-electron chi connectivity index (χ4n) is 5.23. The summed E-state index contributed by atoms with van der Waals surface area (Å²) in [5, 5.41) is 3.74. The van der Waals surface area contributed by atoms with Crippen molar-refractivity contribution in [1.82, 2.24) is 19.8 Å². The standard InChI is InChI=1S/C27H31ClFN5O3/c1-33(2)27(35)22-11-12-34(22)16-7-9-17(10-8-16)37-24-13-18-21(14-23(24)36-3)30-15-31-26(18)32-20-6-4-5-19(28)25(20)29/h4-6,13-17,22H,7-12H2,1-3H3,(H,30,31,32)/t16?,17?,22-/m0/s1. The van der Waals surface area contributed by atoms with Gasteiger partial charge in [-0.25, -0.2) is 14.4 Å². The topological polar surface area (TPSA) is 79.8 Å². The van der Waals surface area contributed by atoms with Crippen LogP contribution < -0.4 is 14.8 Å². The molecule has 1 aliphatic carbocycles. The van der Waals surface area contributed by atoms with Crippen LogP contribution in [0.5, 0.6) is 11.5 Å². The molecule has 0 bridgehead atoms. The summed E-state index contributed by atoms with van der Waals surface area (Å²) in [6, 6.07) is 8.81. The average Bonchev–Trinajstić information content (AvgIpc) is 2.87. The quantitative estimate of drug-likeness (QED) is 0.462. The van der Waals surface area contributed by atoms with Gasteiger partial charge in [0, 0.05) is 38.1 Å². The van der Waals surface area contributed by atoms with Gasteiger partial charge in [-0.15, -0.1) is 0 Å². The van der Waals surface area contributed by atoms with E-state index in [4.69, 9.17) is 21.1 Å². The zero-order valence-electron chi connectivity index (χ0n) is 21.2. The molecule has 2 heterocycles. The van der Waals surface area contributed by atoms with Gasteiger partial charge in [0.25, 0.3) is 0 Å². The Kier molecular flexibility index (Phi) is 7.35.